The number of β-amino-alcohol motifs (C(OH)–C–C–N with tert-alkyl or cyclic N) is 1. The molecule has 1 saturated heterocycles. The van der Waals surface area contributed by atoms with E-state index in [1.165, 1.54) is 0 Å². The number of nitrogens with zero attached hydrogens (tertiary/aromatic N) is 2. The van der Waals surface area contributed by atoms with Gasteiger partial charge in [0.2, 0.25) is 0 Å². The van der Waals surface area contributed by atoms with Crippen LogP contribution in [0, 0.1) is 0 Å². The van der Waals surface area contributed by atoms with Crippen LogP contribution < -0.4 is 4.90 Å². The molecular formula is C9H15N3O2. The van der Waals surface area contributed by atoms with E-state index in [1.54, 1.807) is 6.20 Å². The Morgan fingerprint density at radius 1 is 1.43 bits per heavy atom. The zero-order valence-electron chi connectivity index (χ0n) is 7.93. The van der Waals surface area contributed by atoms with Crippen LogP contribution >= 0.6 is 0 Å². The summed E-state index contributed by atoms with van der Waals surface area (Å²) in [5, 5.41) is 25.9. The lowest BCUT2D eigenvalue weighted by Gasteiger charge is -2.22. The summed E-state index contributed by atoms with van der Waals surface area (Å²) in [5.74, 6) is 0.832. The minimum atomic E-state index is -0.672. The number of hydrogen-bond donors (Lipinski definition) is 3. The number of aliphatic hydroxyl groups excluding tert-OH is 2. The predicted molar refractivity (Wildman–Crippen MR) is 52.0 cm³/mol. The summed E-state index contributed by atoms with van der Waals surface area (Å²) in [7, 11) is 0. The van der Waals surface area contributed by atoms with E-state index in [9.17, 15) is 10.2 Å². The second kappa shape index (κ2) is 3.98. The molecule has 5 heteroatoms. The fourth-order valence-electron chi connectivity index (χ4n) is 1.76. The zero-order valence-corrected chi connectivity index (χ0v) is 7.93. The van der Waals surface area contributed by atoms with Gasteiger partial charge in [-0.3, -0.25) is 5.10 Å². The third kappa shape index (κ3) is 1.88. The van der Waals surface area contributed by atoms with Crippen molar-refractivity contribution < 1.29 is 10.2 Å². The van der Waals surface area contributed by atoms with Crippen LogP contribution in [0.5, 0.6) is 0 Å². The predicted octanol–water partition coefficient (Wildman–Crippen LogP) is -0.268. The standard InChI is InChI=1S/C9H15N3O2/c13-7-2-1-5-12(6-8(7)14)9-3-4-10-11-9/h3-4,7-8,13-14H,1-2,5-6H2,(H,10,11)/t7-,8+/m1/s1. The first-order valence-corrected chi connectivity index (χ1v) is 4.88. The molecule has 2 atom stereocenters. The number of aliphatic hydroxyl groups is 2. The number of rotatable bonds is 1. The monoisotopic (exact) mass is 197 g/mol. The molecule has 5 nitrogen and oxygen atoms in total. The molecule has 0 aromatic carbocycles. The number of hydrogen-bond acceptors (Lipinski definition) is 4. The van der Waals surface area contributed by atoms with Gasteiger partial charge in [0.1, 0.15) is 5.82 Å². The molecule has 14 heavy (non-hydrogen) atoms. The largest absolute Gasteiger partial charge is 0.390 e. The Hall–Kier alpha value is -1.07. The van der Waals surface area contributed by atoms with Crippen molar-refractivity contribution in [3.8, 4) is 0 Å². The molecule has 1 aliphatic rings. The molecule has 2 rings (SSSR count). The molecule has 1 aromatic heterocycles. The van der Waals surface area contributed by atoms with E-state index in [0.29, 0.717) is 13.0 Å². The fourth-order valence-corrected chi connectivity index (χ4v) is 1.76. The molecular weight excluding hydrogens is 182 g/mol. The van der Waals surface area contributed by atoms with Gasteiger partial charge in [0.05, 0.1) is 12.2 Å². The van der Waals surface area contributed by atoms with Gasteiger partial charge in [-0.05, 0) is 12.8 Å². The highest BCUT2D eigenvalue weighted by Crippen LogP contribution is 2.16. The van der Waals surface area contributed by atoms with Crippen molar-refractivity contribution in [2.75, 3.05) is 18.0 Å². The Labute approximate surface area is 82.4 Å². The second-order valence-corrected chi connectivity index (χ2v) is 3.66. The van der Waals surface area contributed by atoms with Crippen molar-refractivity contribution in [3.05, 3.63) is 12.3 Å². The summed E-state index contributed by atoms with van der Waals surface area (Å²) < 4.78 is 0. The summed E-state index contributed by atoms with van der Waals surface area (Å²) in [6.45, 7) is 1.28. The summed E-state index contributed by atoms with van der Waals surface area (Å²) >= 11 is 0. The highest BCUT2D eigenvalue weighted by Gasteiger charge is 2.24. The molecule has 0 bridgehead atoms. The third-order valence-electron chi connectivity index (χ3n) is 2.59. The van der Waals surface area contributed by atoms with Crippen molar-refractivity contribution in [1.82, 2.24) is 10.2 Å². The SMILES string of the molecule is O[C@@H]1CCCN(c2cc[nH]n2)C[C@@H]1O. The van der Waals surface area contributed by atoms with Crippen LogP contribution in [-0.2, 0) is 0 Å². The second-order valence-electron chi connectivity index (χ2n) is 3.66. The maximum atomic E-state index is 9.60. The molecule has 78 valence electrons. The molecule has 0 saturated carbocycles. The average Bonchev–Trinajstić information content (AvgIpc) is 2.63. The van der Waals surface area contributed by atoms with E-state index >= 15 is 0 Å². The highest BCUT2D eigenvalue weighted by atomic mass is 16.3. The zero-order chi connectivity index (χ0) is 9.97. The van der Waals surface area contributed by atoms with Gasteiger partial charge in [0, 0.05) is 25.4 Å². The smallest absolute Gasteiger partial charge is 0.150 e. The Kier molecular flexibility index (Phi) is 2.69. The fraction of sp³-hybridized carbons (Fsp3) is 0.667. The molecule has 0 spiro atoms. The van der Waals surface area contributed by atoms with Gasteiger partial charge in [-0.15, -0.1) is 0 Å². The quantitative estimate of drug-likeness (QED) is 0.579. The first-order chi connectivity index (χ1) is 6.77. The topological polar surface area (TPSA) is 72.4 Å². The van der Waals surface area contributed by atoms with Crippen molar-refractivity contribution in [2.24, 2.45) is 0 Å². The lowest BCUT2D eigenvalue weighted by Crippen LogP contribution is -2.36. The number of aromatic amines is 1. The van der Waals surface area contributed by atoms with E-state index in [0.717, 1.165) is 18.8 Å². The maximum Gasteiger partial charge on any atom is 0.150 e. The van der Waals surface area contributed by atoms with E-state index in [2.05, 4.69) is 10.2 Å². The van der Waals surface area contributed by atoms with E-state index in [4.69, 9.17) is 0 Å². The molecule has 0 amide bonds. The van der Waals surface area contributed by atoms with Crippen LogP contribution in [0.25, 0.3) is 0 Å². The summed E-state index contributed by atoms with van der Waals surface area (Å²) in [4.78, 5) is 1.98. The maximum absolute atomic E-state index is 9.60. The number of H-pyrrole nitrogens is 1. The lowest BCUT2D eigenvalue weighted by atomic mass is 10.1. The summed E-state index contributed by atoms with van der Waals surface area (Å²) in [6.07, 6.45) is 2.02. The lowest BCUT2D eigenvalue weighted by molar-refractivity contribution is 0.0249. The van der Waals surface area contributed by atoms with Gasteiger partial charge in [0.15, 0.2) is 0 Å². The number of anilines is 1. The molecule has 2 heterocycles. The molecule has 1 aliphatic heterocycles. The molecule has 3 N–H and O–H groups in total. The van der Waals surface area contributed by atoms with Crippen LogP contribution in [0.2, 0.25) is 0 Å². The van der Waals surface area contributed by atoms with Crippen molar-refractivity contribution in [2.45, 2.75) is 25.0 Å². The summed E-state index contributed by atoms with van der Waals surface area (Å²) in [5.41, 5.74) is 0. The van der Waals surface area contributed by atoms with Gasteiger partial charge in [-0.1, -0.05) is 0 Å². The van der Waals surface area contributed by atoms with Crippen LogP contribution in [0.15, 0.2) is 12.3 Å². The van der Waals surface area contributed by atoms with Crippen molar-refractivity contribution in [3.63, 3.8) is 0 Å². The van der Waals surface area contributed by atoms with Gasteiger partial charge in [0.25, 0.3) is 0 Å². The van der Waals surface area contributed by atoms with Crippen molar-refractivity contribution in [1.29, 1.82) is 0 Å². The normalized spacial score (nSPS) is 28.9. The van der Waals surface area contributed by atoms with E-state index in [-0.39, 0.29) is 0 Å². The highest BCUT2D eigenvalue weighted by molar-refractivity contribution is 5.36. The minimum absolute atomic E-state index is 0.450. The van der Waals surface area contributed by atoms with Gasteiger partial charge in [-0.25, -0.2) is 0 Å². The Morgan fingerprint density at radius 3 is 3.00 bits per heavy atom. The first kappa shape index (κ1) is 9.48. The first-order valence-electron chi connectivity index (χ1n) is 4.88. The average molecular weight is 197 g/mol. The number of aromatic nitrogens is 2. The van der Waals surface area contributed by atoms with Crippen molar-refractivity contribution >= 4 is 5.82 Å². The third-order valence-corrected chi connectivity index (χ3v) is 2.59. The Morgan fingerprint density at radius 2 is 2.29 bits per heavy atom. The molecule has 1 fully saturated rings. The minimum Gasteiger partial charge on any atom is -0.390 e. The molecule has 1 aromatic rings. The molecule has 0 radical (unpaired) electrons. The molecule has 0 unspecified atom stereocenters. The number of nitrogens with one attached hydrogen (secondary N) is 1. The van der Waals surface area contributed by atoms with Crippen LogP contribution in [0.4, 0.5) is 5.82 Å². The van der Waals surface area contributed by atoms with Crippen LogP contribution in [-0.4, -0.2) is 45.7 Å². The summed E-state index contributed by atoms with van der Waals surface area (Å²) in [6, 6.07) is 1.87. The molecule has 0 aliphatic carbocycles. The Balaban J connectivity index is 2.06. The van der Waals surface area contributed by atoms with Gasteiger partial charge < -0.3 is 15.1 Å². The van der Waals surface area contributed by atoms with Gasteiger partial charge >= 0.3 is 0 Å². The Bertz CT molecular complexity index is 276. The van der Waals surface area contributed by atoms with Gasteiger partial charge in [-0.2, -0.15) is 5.10 Å². The van der Waals surface area contributed by atoms with E-state index < -0.39 is 12.2 Å². The van der Waals surface area contributed by atoms with E-state index in [1.807, 2.05) is 11.0 Å². The van der Waals surface area contributed by atoms with Crippen LogP contribution in [0.3, 0.4) is 0 Å². The van der Waals surface area contributed by atoms with Crippen LogP contribution in [0.1, 0.15) is 12.8 Å².